The van der Waals surface area contributed by atoms with Crippen LogP contribution in [0.1, 0.15) is 69.4 Å². The normalized spacial score (nSPS) is 25.9. The van der Waals surface area contributed by atoms with Gasteiger partial charge in [0, 0.05) is 30.1 Å². The van der Waals surface area contributed by atoms with Gasteiger partial charge in [0.15, 0.2) is 0 Å². The summed E-state index contributed by atoms with van der Waals surface area (Å²) in [6, 6.07) is 6.47. The van der Waals surface area contributed by atoms with Gasteiger partial charge in [0.2, 0.25) is 11.8 Å². The van der Waals surface area contributed by atoms with Crippen LogP contribution in [0.25, 0.3) is 0 Å². The predicted molar refractivity (Wildman–Crippen MR) is 110 cm³/mol. The van der Waals surface area contributed by atoms with Gasteiger partial charge in [-0.2, -0.15) is 0 Å². The maximum atomic E-state index is 13.0. The number of carbonyl (C=O) groups is 2. The Kier molecular flexibility index (Phi) is 6.56. The highest BCUT2D eigenvalue weighted by atomic mass is 16.2. The van der Waals surface area contributed by atoms with E-state index < -0.39 is 0 Å². The second kappa shape index (κ2) is 8.90. The number of amides is 2. The first-order valence-electron chi connectivity index (χ1n) is 10.7. The van der Waals surface area contributed by atoms with Crippen molar-refractivity contribution in [3.8, 4) is 0 Å². The number of anilines is 1. The molecule has 0 spiro atoms. The number of aryl methyl sites for hydroxylation is 2. The van der Waals surface area contributed by atoms with Gasteiger partial charge in [-0.3, -0.25) is 9.59 Å². The van der Waals surface area contributed by atoms with Gasteiger partial charge >= 0.3 is 0 Å². The van der Waals surface area contributed by atoms with Gasteiger partial charge in [0.1, 0.15) is 0 Å². The van der Waals surface area contributed by atoms with Gasteiger partial charge in [-0.1, -0.05) is 13.0 Å². The molecule has 1 aliphatic heterocycles. The molecule has 1 saturated carbocycles. The molecule has 2 aliphatic rings. The topological polar surface area (TPSA) is 49.4 Å². The van der Waals surface area contributed by atoms with Crippen LogP contribution in [0.15, 0.2) is 18.2 Å². The molecule has 1 N–H and O–H groups in total. The smallest absolute Gasteiger partial charge is 0.227 e. The van der Waals surface area contributed by atoms with Crippen LogP contribution in [-0.4, -0.2) is 29.3 Å². The highest BCUT2D eigenvalue weighted by Gasteiger charge is 2.34. The van der Waals surface area contributed by atoms with E-state index in [0.29, 0.717) is 11.9 Å². The monoisotopic (exact) mass is 370 g/mol. The van der Waals surface area contributed by atoms with Gasteiger partial charge in [0.25, 0.3) is 0 Å². The third-order valence-corrected chi connectivity index (χ3v) is 6.60. The van der Waals surface area contributed by atoms with E-state index in [1.54, 1.807) is 0 Å². The Morgan fingerprint density at radius 3 is 2.37 bits per heavy atom. The van der Waals surface area contributed by atoms with Gasteiger partial charge in [-0.15, -0.1) is 0 Å². The minimum Gasteiger partial charge on any atom is -0.339 e. The average Bonchev–Trinajstić information content (AvgIpc) is 2.70. The summed E-state index contributed by atoms with van der Waals surface area (Å²) < 4.78 is 0. The van der Waals surface area contributed by atoms with Crippen LogP contribution in [0.4, 0.5) is 5.69 Å². The summed E-state index contributed by atoms with van der Waals surface area (Å²) in [4.78, 5) is 27.8. The van der Waals surface area contributed by atoms with Crippen molar-refractivity contribution in [1.82, 2.24) is 4.90 Å². The van der Waals surface area contributed by atoms with Crippen molar-refractivity contribution in [2.45, 2.75) is 78.2 Å². The molecule has 1 heterocycles. The van der Waals surface area contributed by atoms with E-state index in [1.807, 2.05) is 18.2 Å². The molecule has 1 unspecified atom stereocenters. The number of hydrogen-bond donors (Lipinski definition) is 1. The Bertz CT molecular complexity index is 677. The summed E-state index contributed by atoms with van der Waals surface area (Å²) >= 11 is 0. The van der Waals surface area contributed by atoms with Crippen LogP contribution in [-0.2, 0) is 9.59 Å². The lowest BCUT2D eigenvalue weighted by Gasteiger charge is -2.39. The van der Waals surface area contributed by atoms with Crippen LogP contribution in [0.2, 0.25) is 0 Å². The lowest BCUT2D eigenvalue weighted by molar-refractivity contribution is -0.141. The third kappa shape index (κ3) is 4.72. The summed E-state index contributed by atoms with van der Waals surface area (Å²) in [5.74, 6) is 0.588. The fourth-order valence-electron chi connectivity index (χ4n) is 4.62. The molecule has 1 aliphatic carbocycles. The van der Waals surface area contributed by atoms with E-state index in [-0.39, 0.29) is 17.7 Å². The first-order valence-corrected chi connectivity index (χ1v) is 10.7. The summed E-state index contributed by atoms with van der Waals surface area (Å²) in [6.07, 6.45) is 7.90. The highest BCUT2D eigenvalue weighted by Crippen LogP contribution is 2.33. The van der Waals surface area contributed by atoms with Crippen LogP contribution in [0.5, 0.6) is 0 Å². The lowest BCUT2D eigenvalue weighted by atomic mass is 9.80. The van der Waals surface area contributed by atoms with Crippen molar-refractivity contribution >= 4 is 17.5 Å². The third-order valence-electron chi connectivity index (χ3n) is 6.60. The Hall–Kier alpha value is -1.84. The molecule has 2 fully saturated rings. The molecule has 1 saturated heterocycles. The Morgan fingerprint density at radius 1 is 1.00 bits per heavy atom. The maximum absolute atomic E-state index is 13.0. The molecule has 2 amide bonds. The lowest BCUT2D eigenvalue weighted by Crippen LogP contribution is -2.47. The van der Waals surface area contributed by atoms with Crippen LogP contribution < -0.4 is 5.32 Å². The number of piperidine rings is 1. The quantitative estimate of drug-likeness (QED) is 0.824. The van der Waals surface area contributed by atoms with Gasteiger partial charge < -0.3 is 10.2 Å². The summed E-state index contributed by atoms with van der Waals surface area (Å²) in [7, 11) is 0. The van der Waals surface area contributed by atoms with Crippen molar-refractivity contribution in [3.05, 3.63) is 29.3 Å². The van der Waals surface area contributed by atoms with E-state index in [4.69, 9.17) is 0 Å². The molecular weight excluding hydrogens is 336 g/mol. The molecule has 3 rings (SSSR count). The Morgan fingerprint density at radius 2 is 1.70 bits per heavy atom. The molecule has 1 atom stereocenters. The number of rotatable bonds is 4. The molecular formula is C23H34N2O2. The zero-order chi connectivity index (χ0) is 19.4. The minimum atomic E-state index is 0.0268. The largest absolute Gasteiger partial charge is 0.339 e. The second-order valence-electron chi connectivity index (χ2n) is 8.43. The fourth-order valence-corrected chi connectivity index (χ4v) is 4.62. The first kappa shape index (κ1) is 19.9. The fraction of sp³-hybridized carbons (Fsp3) is 0.652. The maximum Gasteiger partial charge on any atom is 0.227 e. The summed E-state index contributed by atoms with van der Waals surface area (Å²) in [5, 5.41) is 3.07. The zero-order valence-electron chi connectivity index (χ0n) is 17.1. The molecule has 4 nitrogen and oxygen atoms in total. The Labute approximate surface area is 163 Å². The molecule has 1 aromatic carbocycles. The number of likely N-dealkylation sites (tertiary alicyclic amines) is 1. The SMILES string of the molecule is CCC1CCCCN1C(=O)C1CCC(C(=O)Nc2ccc(C)c(C)c2)CC1. The van der Waals surface area contributed by atoms with E-state index in [2.05, 4.69) is 31.0 Å². The number of carbonyl (C=O) groups excluding carboxylic acids is 2. The van der Waals surface area contributed by atoms with E-state index in [0.717, 1.165) is 57.2 Å². The minimum absolute atomic E-state index is 0.0268. The van der Waals surface area contributed by atoms with E-state index in [1.165, 1.54) is 17.5 Å². The Balaban J connectivity index is 1.52. The van der Waals surface area contributed by atoms with Crippen molar-refractivity contribution in [2.75, 3.05) is 11.9 Å². The summed E-state index contributed by atoms with van der Waals surface area (Å²) in [5.41, 5.74) is 3.30. The van der Waals surface area contributed by atoms with Crippen LogP contribution in [0.3, 0.4) is 0 Å². The van der Waals surface area contributed by atoms with Gasteiger partial charge in [-0.05, 0) is 88.5 Å². The van der Waals surface area contributed by atoms with Crippen LogP contribution in [0, 0.1) is 25.7 Å². The molecule has 27 heavy (non-hydrogen) atoms. The highest BCUT2D eigenvalue weighted by molar-refractivity contribution is 5.93. The predicted octanol–water partition coefficient (Wildman–Crippen LogP) is 4.84. The van der Waals surface area contributed by atoms with Gasteiger partial charge in [0.05, 0.1) is 0 Å². The molecule has 1 aromatic rings. The molecule has 0 aromatic heterocycles. The van der Waals surface area contributed by atoms with Crippen molar-refractivity contribution in [3.63, 3.8) is 0 Å². The summed E-state index contributed by atoms with van der Waals surface area (Å²) in [6.45, 7) is 7.24. The zero-order valence-corrected chi connectivity index (χ0v) is 17.1. The van der Waals surface area contributed by atoms with Crippen molar-refractivity contribution in [2.24, 2.45) is 11.8 Å². The molecule has 148 valence electrons. The second-order valence-corrected chi connectivity index (χ2v) is 8.43. The number of benzene rings is 1. The molecule has 0 bridgehead atoms. The molecule has 4 heteroatoms. The first-order chi connectivity index (χ1) is 13.0. The van der Waals surface area contributed by atoms with Crippen LogP contribution >= 0.6 is 0 Å². The van der Waals surface area contributed by atoms with E-state index >= 15 is 0 Å². The average molecular weight is 371 g/mol. The van der Waals surface area contributed by atoms with Crippen molar-refractivity contribution < 1.29 is 9.59 Å². The van der Waals surface area contributed by atoms with E-state index in [9.17, 15) is 9.59 Å². The van der Waals surface area contributed by atoms with Gasteiger partial charge in [-0.25, -0.2) is 0 Å². The number of hydrogen-bond acceptors (Lipinski definition) is 2. The number of nitrogens with zero attached hydrogens (tertiary/aromatic N) is 1. The molecule has 0 radical (unpaired) electrons. The van der Waals surface area contributed by atoms with Crippen molar-refractivity contribution in [1.29, 1.82) is 0 Å². The number of nitrogens with one attached hydrogen (secondary N) is 1. The standard InChI is InChI=1S/C23H34N2O2/c1-4-21-7-5-6-14-25(21)23(27)19-11-9-18(10-12-19)22(26)24-20-13-8-16(2)17(3)15-20/h8,13,15,18-19,21H,4-7,9-12,14H2,1-3H3,(H,24,26).